The summed E-state index contributed by atoms with van der Waals surface area (Å²) in [6.45, 7) is 0. The van der Waals surface area contributed by atoms with Crippen LogP contribution >= 0.6 is 11.3 Å². The predicted molar refractivity (Wildman–Crippen MR) is 123 cm³/mol. The Morgan fingerprint density at radius 1 is 0.839 bits per heavy atom. The number of nitrogens with zero attached hydrogens (tertiary/aromatic N) is 2. The zero-order valence-electron chi connectivity index (χ0n) is 17.5. The summed E-state index contributed by atoms with van der Waals surface area (Å²) in [5, 5.41) is 13.9. The van der Waals surface area contributed by atoms with Crippen LogP contribution in [0.2, 0.25) is 0 Å². The second-order valence-corrected chi connectivity index (χ2v) is 10.8. The molecule has 0 spiro atoms. The van der Waals surface area contributed by atoms with E-state index in [1.54, 1.807) is 11.3 Å². The molecule has 158 valence electrons. The number of amides is 1. The molecule has 7 rings (SSSR count). The predicted octanol–water partition coefficient (Wildman–Crippen LogP) is 5.78. The van der Waals surface area contributed by atoms with Crippen LogP contribution in [0.5, 0.6) is 0 Å². The zero-order valence-corrected chi connectivity index (χ0v) is 18.4. The molecule has 4 saturated carbocycles. The van der Waals surface area contributed by atoms with Crippen molar-refractivity contribution >= 4 is 22.4 Å². The Labute approximate surface area is 187 Å². The molecular weight excluding hydrogens is 402 g/mol. The van der Waals surface area contributed by atoms with E-state index in [0.29, 0.717) is 5.13 Å². The van der Waals surface area contributed by atoms with Crippen molar-refractivity contribution in [1.29, 1.82) is 0 Å². The Kier molecular flexibility index (Phi) is 4.67. The van der Waals surface area contributed by atoms with Crippen LogP contribution < -0.4 is 5.32 Å². The smallest absolute Gasteiger partial charge is 0.238 e. The van der Waals surface area contributed by atoms with Gasteiger partial charge in [0.1, 0.15) is 5.01 Å². The van der Waals surface area contributed by atoms with E-state index < -0.39 is 0 Å². The lowest BCUT2D eigenvalue weighted by atomic mass is 9.50. The number of rotatable bonds is 5. The van der Waals surface area contributed by atoms with Crippen molar-refractivity contribution in [3.63, 3.8) is 0 Å². The zero-order chi connectivity index (χ0) is 20.8. The standard InChI is InChI=1S/C26H27N3OS/c30-23(22(20-7-3-1-4-8-20)21-9-5-2-6-10-21)27-25-29-28-24(31-25)26-14-17-11-18(15-26)13-19(12-17)16-26/h1-10,17-19,22H,11-16H2,(H,27,29,30). The lowest BCUT2D eigenvalue weighted by Gasteiger charge is -2.55. The van der Waals surface area contributed by atoms with Gasteiger partial charge in [-0.2, -0.15) is 0 Å². The lowest BCUT2D eigenvalue weighted by Crippen LogP contribution is -2.48. The molecule has 31 heavy (non-hydrogen) atoms. The molecule has 1 amide bonds. The van der Waals surface area contributed by atoms with E-state index in [2.05, 4.69) is 15.5 Å². The number of aromatic nitrogens is 2. The van der Waals surface area contributed by atoms with Crippen LogP contribution in [-0.4, -0.2) is 16.1 Å². The molecule has 0 aliphatic heterocycles. The van der Waals surface area contributed by atoms with Crippen molar-refractivity contribution in [3.8, 4) is 0 Å². The van der Waals surface area contributed by atoms with Crippen LogP contribution in [0.4, 0.5) is 5.13 Å². The fourth-order valence-electron chi connectivity index (χ4n) is 6.82. The molecule has 1 heterocycles. The van der Waals surface area contributed by atoms with Crippen LogP contribution in [0, 0.1) is 17.8 Å². The van der Waals surface area contributed by atoms with E-state index in [1.807, 2.05) is 60.7 Å². The molecule has 1 aromatic heterocycles. The van der Waals surface area contributed by atoms with Gasteiger partial charge in [-0.1, -0.05) is 72.0 Å². The number of carbonyl (C=O) groups excluding carboxylic acids is 1. The molecule has 4 nitrogen and oxygen atoms in total. The van der Waals surface area contributed by atoms with Gasteiger partial charge >= 0.3 is 0 Å². The van der Waals surface area contributed by atoms with Crippen molar-refractivity contribution in [1.82, 2.24) is 10.2 Å². The van der Waals surface area contributed by atoms with Gasteiger partial charge in [0.2, 0.25) is 11.0 Å². The molecule has 5 heteroatoms. The third-order valence-corrected chi connectivity index (χ3v) is 8.76. The number of anilines is 1. The summed E-state index contributed by atoms with van der Waals surface area (Å²) < 4.78 is 0. The quantitative estimate of drug-likeness (QED) is 0.560. The Morgan fingerprint density at radius 3 is 1.87 bits per heavy atom. The Hall–Kier alpha value is -2.53. The summed E-state index contributed by atoms with van der Waals surface area (Å²) in [6.07, 6.45) is 8.03. The van der Waals surface area contributed by atoms with Gasteiger partial charge in [-0.25, -0.2) is 0 Å². The maximum absolute atomic E-state index is 13.4. The fraction of sp³-hybridized carbons (Fsp3) is 0.423. The van der Waals surface area contributed by atoms with E-state index in [4.69, 9.17) is 0 Å². The number of hydrogen-bond donors (Lipinski definition) is 1. The van der Waals surface area contributed by atoms with E-state index in [1.165, 1.54) is 38.5 Å². The van der Waals surface area contributed by atoms with Crippen molar-refractivity contribution in [2.24, 2.45) is 17.8 Å². The topological polar surface area (TPSA) is 54.9 Å². The minimum Gasteiger partial charge on any atom is -0.300 e. The molecule has 1 N–H and O–H groups in total. The first-order valence-corrected chi connectivity index (χ1v) is 12.2. The highest BCUT2D eigenvalue weighted by Crippen LogP contribution is 2.61. The SMILES string of the molecule is O=C(Nc1nnc(C23CC4CC(CC(C4)C2)C3)s1)C(c1ccccc1)c1ccccc1. The maximum atomic E-state index is 13.4. The molecule has 2 aromatic carbocycles. The first-order chi connectivity index (χ1) is 15.2. The third-order valence-electron chi connectivity index (χ3n) is 7.68. The molecular formula is C26H27N3OS. The van der Waals surface area contributed by atoms with Gasteiger partial charge in [-0.3, -0.25) is 10.1 Å². The number of benzene rings is 2. The van der Waals surface area contributed by atoms with E-state index in [-0.39, 0.29) is 17.2 Å². The summed E-state index contributed by atoms with van der Waals surface area (Å²) in [7, 11) is 0. The first-order valence-electron chi connectivity index (χ1n) is 11.4. The van der Waals surface area contributed by atoms with Gasteiger partial charge in [0.25, 0.3) is 0 Å². The highest BCUT2D eigenvalue weighted by molar-refractivity contribution is 7.15. The molecule has 4 bridgehead atoms. The summed E-state index contributed by atoms with van der Waals surface area (Å²) in [5.74, 6) is 2.19. The van der Waals surface area contributed by atoms with Gasteiger partial charge in [-0.05, 0) is 67.4 Å². The largest absolute Gasteiger partial charge is 0.300 e. The van der Waals surface area contributed by atoms with Gasteiger partial charge < -0.3 is 0 Å². The molecule has 4 aliphatic rings. The molecule has 4 aliphatic carbocycles. The van der Waals surface area contributed by atoms with Crippen LogP contribution in [0.3, 0.4) is 0 Å². The van der Waals surface area contributed by atoms with E-state index >= 15 is 0 Å². The van der Waals surface area contributed by atoms with Crippen LogP contribution in [0.1, 0.15) is 60.6 Å². The molecule has 0 atom stereocenters. The molecule has 0 unspecified atom stereocenters. The summed E-state index contributed by atoms with van der Waals surface area (Å²) in [5.41, 5.74) is 2.18. The number of nitrogens with one attached hydrogen (secondary N) is 1. The maximum Gasteiger partial charge on any atom is 0.238 e. The average Bonchev–Trinajstić information content (AvgIpc) is 3.24. The highest BCUT2D eigenvalue weighted by atomic mass is 32.1. The van der Waals surface area contributed by atoms with Crippen molar-refractivity contribution in [2.75, 3.05) is 5.32 Å². The highest BCUT2D eigenvalue weighted by Gasteiger charge is 2.53. The van der Waals surface area contributed by atoms with E-state index in [0.717, 1.165) is 33.9 Å². The first kappa shape index (κ1) is 19.2. The fourth-order valence-corrected chi connectivity index (χ4v) is 7.79. The van der Waals surface area contributed by atoms with Gasteiger partial charge in [0.15, 0.2) is 0 Å². The summed E-state index contributed by atoms with van der Waals surface area (Å²) in [4.78, 5) is 13.4. The average molecular weight is 430 g/mol. The second kappa shape index (κ2) is 7.56. The van der Waals surface area contributed by atoms with Gasteiger partial charge in [0.05, 0.1) is 5.92 Å². The molecule has 3 aromatic rings. The number of carbonyl (C=O) groups is 1. The van der Waals surface area contributed by atoms with E-state index in [9.17, 15) is 4.79 Å². The Balaban J connectivity index is 1.26. The van der Waals surface area contributed by atoms with Crippen LogP contribution in [0.25, 0.3) is 0 Å². The molecule has 4 fully saturated rings. The van der Waals surface area contributed by atoms with Crippen molar-refractivity contribution < 1.29 is 4.79 Å². The van der Waals surface area contributed by atoms with Crippen LogP contribution in [0.15, 0.2) is 60.7 Å². The Morgan fingerprint density at radius 2 is 1.35 bits per heavy atom. The Bertz CT molecular complexity index is 1000. The minimum atomic E-state index is -0.366. The van der Waals surface area contributed by atoms with Crippen molar-refractivity contribution in [3.05, 3.63) is 76.8 Å². The monoisotopic (exact) mass is 429 g/mol. The minimum absolute atomic E-state index is 0.0504. The normalized spacial score (nSPS) is 28.7. The van der Waals surface area contributed by atoms with Crippen molar-refractivity contribution in [2.45, 2.75) is 49.9 Å². The number of hydrogen-bond acceptors (Lipinski definition) is 4. The summed E-state index contributed by atoms with van der Waals surface area (Å²) in [6, 6.07) is 19.9. The van der Waals surface area contributed by atoms with Crippen LogP contribution in [-0.2, 0) is 10.2 Å². The second-order valence-electron chi connectivity index (χ2n) is 9.85. The lowest BCUT2D eigenvalue weighted by molar-refractivity contribution is -0.116. The summed E-state index contributed by atoms with van der Waals surface area (Å²) >= 11 is 1.60. The van der Waals surface area contributed by atoms with Gasteiger partial charge in [-0.15, -0.1) is 10.2 Å². The molecule has 0 radical (unpaired) electrons. The third kappa shape index (κ3) is 3.49. The van der Waals surface area contributed by atoms with Gasteiger partial charge in [0, 0.05) is 5.41 Å². The molecule has 0 saturated heterocycles.